The van der Waals surface area contributed by atoms with E-state index in [2.05, 4.69) is 82.9 Å². The third kappa shape index (κ3) is 3.88. The average molecular weight is 432 g/mol. The summed E-state index contributed by atoms with van der Waals surface area (Å²) in [6, 6.07) is 17.4. The molecule has 2 fully saturated rings. The number of para-hydroxylation sites is 2. The van der Waals surface area contributed by atoms with Gasteiger partial charge in [-0.15, -0.1) is 0 Å². The van der Waals surface area contributed by atoms with Gasteiger partial charge in [0.05, 0.1) is 17.0 Å². The number of carbonyl (C=O) groups excluding carboxylic acids is 1. The van der Waals surface area contributed by atoms with Gasteiger partial charge in [-0.25, -0.2) is 4.98 Å². The molecule has 2 aromatic carbocycles. The monoisotopic (exact) mass is 431 g/mol. The van der Waals surface area contributed by atoms with Gasteiger partial charge in [0.15, 0.2) is 0 Å². The predicted octanol–water partition coefficient (Wildman–Crippen LogP) is 3.62. The second-order valence-electron chi connectivity index (χ2n) is 9.49. The molecule has 1 atom stereocenters. The topological polar surface area (TPSA) is 44.6 Å². The van der Waals surface area contributed by atoms with E-state index in [0.717, 1.165) is 67.9 Å². The van der Waals surface area contributed by atoms with Crippen molar-refractivity contribution in [3.05, 3.63) is 48.5 Å². The molecule has 168 valence electrons. The maximum atomic E-state index is 13.2. The molecule has 0 aliphatic carbocycles. The zero-order valence-electron chi connectivity index (χ0n) is 19.4. The van der Waals surface area contributed by atoms with E-state index in [-0.39, 0.29) is 5.92 Å². The second-order valence-corrected chi connectivity index (χ2v) is 9.49. The van der Waals surface area contributed by atoms with Crippen LogP contribution in [0.2, 0.25) is 0 Å². The van der Waals surface area contributed by atoms with Crippen molar-refractivity contribution in [2.24, 2.45) is 13.0 Å². The molecule has 5 rings (SSSR count). The van der Waals surface area contributed by atoms with Crippen molar-refractivity contribution in [2.75, 3.05) is 45.2 Å². The summed E-state index contributed by atoms with van der Waals surface area (Å²) in [5.74, 6) is 1.42. The summed E-state index contributed by atoms with van der Waals surface area (Å²) in [4.78, 5) is 24.8. The highest BCUT2D eigenvalue weighted by atomic mass is 16.2. The molecular formula is C26H33N5O. The third-order valence-corrected chi connectivity index (χ3v) is 7.30. The van der Waals surface area contributed by atoms with Gasteiger partial charge in [0, 0.05) is 50.5 Å². The van der Waals surface area contributed by atoms with Gasteiger partial charge < -0.3 is 19.3 Å². The summed E-state index contributed by atoms with van der Waals surface area (Å²) in [7, 11) is 6.35. The molecule has 2 aliphatic heterocycles. The summed E-state index contributed by atoms with van der Waals surface area (Å²) in [5, 5.41) is 0. The number of carbonyl (C=O) groups is 1. The lowest BCUT2D eigenvalue weighted by molar-refractivity contribution is -0.136. The Morgan fingerprint density at radius 2 is 1.78 bits per heavy atom. The molecule has 6 heteroatoms. The first kappa shape index (κ1) is 21.0. The molecule has 0 spiro atoms. The Labute approximate surface area is 190 Å². The Bertz CT molecular complexity index is 1110. The molecule has 2 aliphatic rings. The Morgan fingerprint density at radius 3 is 2.53 bits per heavy atom. The number of rotatable bonds is 4. The minimum absolute atomic E-state index is 0.102. The number of likely N-dealkylation sites (tertiary alicyclic amines) is 1. The van der Waals surface area contributed by atoms with Crippen molar-refractivity contribution < 1.29 is 4.79 Å². The first-order chi connectivity index (χ1) is 15.5. The number of benzene rings is 2. The number of amides is 1. The Balaban J connectivity index is 1.29. The van der Waals surface area contributed by atoms with Crippen LogP contribution in [0.5, 0.6) is 0 Å². The van der Waals surface area contributed by atoms with Gasteiger partial charge in [-0.05, 0) is 57.6 Å². The maximum absolute atomic E-state index is 13.2. The largest absolute Gasteiger partial charge is 0.371 e. The van der Waals surface area contributed by atoms with Crippen LogP contribution in [0.25, 0.3) is 22.4 Å². The molecule has 2 saturated heterocycles. The van der Waals surface area contributed by atoms with E-state index in [1.807, 2.05) is 6.07 Å². The number of piperidine rings is 1. The molecule has 32 heavy (non-hydrogen) atoms. The van der Waals surface area contributed by atoms with Crippen LogP contribution in [0, 0.1) is 5.92 Å². The maximum Gasteiger partial charge on any atom is 0.227 e. The number of anilines is 1. The lowest BCUT2D eigenvalue weighted by Crippen LogP contribution is -2.46. The first-order valence-electron chi connectivity index (χ1n) is 11.7. The van der Waals surface area contributed by atoms with Gasteiger partial charge in [-0.3, -0.25) is 4.79 Å². The van der Waals surface area contributed by atoms with Crippen LogP contribution in [0.4, 0.5) is 5.69 Å². The van der Waals surface area contributed by atoms with E-state index in [4.69, 9.17) is 4.98 Å². The number of hydrogen-bond acceptors (Lipinski definition) is 4. The van der Waals surface area contributed by atoms with Gasteiger partial charge in [0.2, 0.25) is 5.91 Å². The van der Waals surface area contributed by atoms with E-state index in [1.54, 1.807) is 0 Å². The zero-order chi connectivity index (χ0) is 22.2. The molecule has 6 nitrogen and oxygen atoms in total. The third-order valence-electron chi connectivity index (χ3n) is 7.30. The smallest absolute Gasteiger partial charge is 0.227 e. The van der Waals surface area contributed by atoms with Crippen molar-refractivity contribution in [2.45, 2.75) is 25.3 Å². The van der Waals surface area contributed by atoms with E-state index in [9.17, 15) is 4.79 Å². The number of aromatic nitrogens is 2. The van der Waals surface area contributed by atoms with Crippen LogP contribution < -0.4 is 4.90 Å². The highest BCUT2D eigenvalue weighted by Crippen LogP contribution is 2.30. The lowest BCUT2D eigenvalue weighted by atomic mass is 10.0. The van der Waals surface area contributed by atoms with Crippen LogP contribution in [0.3, 0.4) is 0 Å². The van der Waals surface area contributed by atoms with Crippen molar-refractivity contribution >= 4 is 22.6 Å². The zero-order valence-corrected chi connectivity index (χ0v) is 19.4. The van der Waals surface area contributed by atoms with Crippen molar-refractivity contribution in [1.82, 2.24) is 19.4 Å². The van der Waals surface area contributed by atoms with Gasteiger partial charge >= 0.3 is 0 Å². The number of aryl methyl sites for hydroxylation is 1. The highest BCUT2D eigenvalue weighted by Gasteiger charge is 2.33. The SMILES string of the molecule is CN(C)C1CCN(C(=O)C2CCN(c3cccc(-c4nc5ccccc5n4C)c3)C2)CC1. The minimum Gasteiger partial charge on any atom is -0.371 e. The molecule has 1 amide bonds. The number of fused-ring (bicyclic) bond motifs is 1. The fraction of sp³-hybridized carbons (Fsp3) is 0.462. The molecule has 0 N–H and O–H groups in total. The number of imidazole rings is 1. The second kappa shape index (κ2) is 8.58. The van der Waals surface area contributed by atoms with Gasteiger partial charge in [0.1, 0.15) is 5.82 Å². The number of nitrogens with zero attached hydrogens (tertiary/aromatic N) is 5. The van der Waals surface area contributed by atoms with Crippen molar-refractivity contribution in [1.29, 1.82) is 0 Å². The quantitative estimate of drug-likeness (QED) is 0.633. The van der Waals surface area contributed by atoms with E-state index >= 15 is 0 Å². The minimum atomic E-state index is 0.102. The van der Waals surface area contributed by atoms with Crippen LogP contribution in [0.15, 0.2) is 48.5 Å². The Hall–Kier alpha value is -2.86. The summed E-state index contributed by atoms with van der Waals surface area (Å²) in [5.41, 5.74) is 4.44. The summed E-state index contributed by atoms with van der Waals surface area (Å²) in [6.45, 7) is 3.51. The Kier molecular flexibility index (Phi) is 5.64. The van der Waals surface area contributed by atoms with Crippen LogP contribution in [-0.2, 0) is 11.8 Å². The first-order valence-corrected chi connectivity index (χ1v) is 11.7. The fourth-order valence-corrected chi connectivity index (χ4v) is 5.30. The van der Waals surface area contributed by atoms with Crippen molar-refractivity contribution in [3.8, 4) is 11.4 Å². The lowest BCUT2D eigenvalue weighted by Gasteiger charge is -2.36. The molecule has 3 heterocycles. The molecule has 0 bridgehead atoms. The molecule has 3 aromatic rings. The predicted molar refractivity (Wildman–Crippen MR) is 130 cm³/mol. The Morgan fingerprint density at radius 1 is 1.00 bits per heavy atom. The van der Waals surface area contributed by atoms with Crippen molar-refractivity contribution in [3.63, 3.8) is 0 Å². The summed E-state index contributed by atoms with van der Waals surface area (Å²) < 4.78 is 2.15. The summed E-state index contributed by atoms with van der Waals surface area (Å²) >= 11 is 0. The highest BCUT2D eigenvalue weighted by molar-refractivity contribution is 5.82. The fourth-order valence-electron chi connectivity index (χ4n) is 5.30. The van der Waals surface area contributed by atoms with E-state index in [1.165, 1.54) is 5.69 Å². The van der Waals surface area contributed by atoms with E-state index in [0.29, 0.717) is 11.9 Å². The molecule has 0 radical (unpaired) electrons. The van der Waals surface area contributed by atoms with Gasteiger partial charge in [-0.1, -0.05) is 24.3 Å². The van der Waals surface area contributed by atoms with Gasteiger partial charge in [-0.2, -0.15) is 0 Å². The van der Waals surface area contributed by atoms with E-state index < -0.39 is 0 Å². The van der Waals surface area contributed by atoms with Gasteiger partial charge in [0.25, 0.3) is 0 Å². The summed E-state index contributed by atoms with van der Waals surface area (Å²) in [6.07, 6.45) is 3.09. The average Bonchev–Trinajstić information content (AvgIpc) is 3.44. The molecule has 0 saturated carbocycles. The standard InChI is InChI=1S/C26H33N5O/c1-28(2)21-12-15-30(16-13-21)26(32)20-11-14-31(18-20)22-8-6-7-19(17-22)25-27-23-9-4-5-10-24(23)29(25)3/h4-10,17,20-21H,11-16,18H2,1-3H3. The van der Waals surface area contributed by atoms with Crippen LogP contribution in [0.1, 0.15) is 19.3 Å². The van der Waals surface area contributed by atoms with Crippen LogP contribution in [-0.4, -0.2) is 71.6 Å². The number of hydrogen-bond donors (Lipinski definition) is 0. The molecule has 1 unspecified atom stereocenters. The molecular weight excluding hydrogens is 398 g/mol. The molecule has 1 aromatic heterocycles. The normalized spacial score (nSPS) is 19.9. The van der Waals surface area contributed by atoms with Crippen LogP contribution >= 0.6 is 0 Å².